The number of esters is 1. The standard InChI is InChI=1S/C23H30O4S/c1-4-27-23(24)22(28(25,26)21-16-12-19(3)13-17-21)9-7-5-6-8-20-14-10-18(2)11-15-20/h10-17,22H,4-9H2,1-3H3. The Labute approximate surface area is 168 Å². The summed E-state index contributed by atoms with van der Waals surface area (Å²) in [7, 11) is -3.76. The van der Waals surface area contributed by atoms with Crippen molar-refractivity contribution in [1.82, 2.24) is 0 Å². The number of rotatable bonds is 10. The van der Waals surface area contributed by atoms with Crippen LogP contribution >= 0.6 is 0 Å². The van der Waals surface area contributed by atoms with Crippen LogP contribution in [-0.2, 0) is 25.8 Å². The van der Waals surface area contributed by atoms with Crippen LogP contribution in [0.15, 0.2) is 53.4 Å². The Morgan fingerprint density at radius 1 is 0.893 bits per heavy atom. The summed E-state index contributed by atoms with van der Waals surface area (Å²) in [5, 5.41) is -1.14. The topological polar surface area (TPSA) is 60.4 Å². The number of hydrogen-bond acceptors (Lipinski definition) is 4. The molecular weight excluding hydrogens is 372 g/mol. The second kappa shape index (κ2) is 10.4. The Morgan fingerprint density at radius 3 is 2.04 bits per heavy atom. The fraction of sp³-hybridized carbons (Fsp3) is 0.435. The van der Waals surface area contributed by atoms with Crippen molar-refractivity contribution < 1.29 is 17.9 Å². The van der Waals surface area contributed by atoms with Crippen LogP contribution in [0.5, 0.6) is 0 Å². The molecule has 0 heterocycles. The smallest absolute Gasteiger partial charge is 0.324 e. The zero-order chi connectivity index (χ0) is 20.6. The van der Waals surface area contributed by atoms with E-state index in [0.29, 0.717) is 6.42 Å². The molecule has 5 heteroatoms. The number of sulfone groups is 1. The molecule has 4 nitrogen and oxygen atoms in total. The fourth-order valence-corrected chi connectivity index (χ4v) is 4.76. The zero-order valence-corrected chi connectivity index (χ0v) is 17.8. The van der Waals surface area contributed by atoms with E-state index in [0.717, 1.165) is 24.8 Å². The number of unbranched alkanes of at least 4 members (excludes halogenated alkanes) is 2. The normalized spacial score (nSPS) is 12.5. The summed E-state index contributed by atoms with van der Waals surface area (Å²) < 4.78 is 31.0. The van der Waals surface area contributed by atoms with Crippen molar-refractivity contribution >= 4 is 15.8 Å². The van der Waals surface area contributed by atoms with Gasteiger partial charge in [-0.05, 0) is 57.7 Å². The molecule has 0 aliphatic carbocycles. The average molecular weight is 403 g/mol. The van der Waals surface area contributed by atoms with Crippen LogP contribution in [0, 0.1) is 13.8 Å². The highest BCUT2D eigenvalue weighted by atomic mass is 32.2. The Bertz CT molecular complexity index is 852. The van der Waals surface area contributed by atoms with Gasteiger partial charge in [-0.3, -0.25) is 4.79 Å². The lowest BCUT2D eigenvalue weighted by atomic mass is 10.0. The van der Waals surface area contributed by atoms with Crippen LogP contribution in [0.1, 0.15) is 49.3 Å². The number of carbonyl (C=O) groups is 1. The molecular formula is C23H30O4S. The zero-order valence-electron chi connectivity index (χ0n) is 17.0. The van der Waals surface area contributed by atoms with E-state index in [1.165, 1.54) is 11.1 Å². The van der Waals surface area contributed by atoms with Crippen LogP contribution in [0.2, 0.25) is 0 Å². The van der Waals surface area contributed by atoms with Crippen molar-refractivity contribution in [1.29, 1.82) is 0 Å². The summed E-state index contributed by atoms with van der Waals surface area (Å²) in [5.41, 5.74) is 3.49. The molecule has 0 amide bonds. The van der Waals surface area contributed by atoms with Crippen LogP contribution < -0.4 is 0 Å². The molecule has 0 aliphatic rings. The second-order valence-electron chi connectivity index (χ2n) is 7.18. The monoisotopic (exact) mass is 402 g/mol. The Morgan fingerprint density at radius 2 is 1.46 bits per heavy atom. The SMILES string of the molecule is CCOC(=O)C(CCCCCc1ccc(C)cc1)S(=O)(=O)c1ccc(C)cc1. The third-order valence-electron chi connectivity index (χ3n) is 4.83. The third-order valence-corrected chi connectivity index (χ3v) is 6.93. The Balaban J connectivity index is 1.97. The van der Waals surface area contributed by atoms with Gasteiger partial charge in [-0.15, -0.1) is 0 Å². The first-order valence-electron chi connectivity index (χ1n) is 9.87. The maximum absolute atomic E-state index is 13.0. The largest absolute Gasteiger partial charge is 0.465 e. The molecule has 0 radical (unpaired) electrons. The lowest BCUT2D eigenvalue weighted by Crippen LogP contribution is -2.32. The predicted molar refractivity (Wildman–Crippen MR) is 112 cm³/mol. The van der Waals surface area contributed by atoms with Gasteiger partial charge in [-0.2, -0.15) is 0 Å². The van der Waals surface area contributed by atoms with E-state index < -0.39 is 21.1 Å². The van der Waals surface area contributed by atoms with E-state index >= 15 is 0 Å². The van der Waals surface area contributed by atoms with Gasteiger partial charge in [0.25, 0.3) is 0 Å². The molecule has 28 heavy (non-hydrogen) atoms. The maximum Gasteiger partial charge on any atom is 0.324 e. The first kappa shape index (κ1) is 22.2. The molecule has 2 aromatic rings. The molecule has 0 aliphatic heterocycles. The fourth-order valence-electron chi connectivity index (χ4n) is 3.12. The summed E-state index contributed by atoms with van der Waals surface area (Å²) in [6, 6.07) is 15.1. The summed E-state index contributed by atoms with van der Waals surface area (Å²) in [4.78, 5) is 12.5. The van der Waals surface area contributed by atoms with Gasteiger partial charge in [-0.1, -0.05) is 60.4 Å². The van der Waals surface area contributed by atoms with E-state index in [-0.39, 0.29) is 17.9 Å². The minimum atomic E-state index is -3.76. The molecule has 1 atom stereocenters. The number of aryl methyl sites for hydroxylation is 3. The molecule has 2 rings (SSSR count). The minimum absolute atomic E-state index is 0.173. The number of benzene rings is 2. The summed E-state index contributed by atoms with van der Waals surface area (Å²) in [6.07, 6.45) is 3.73. The maximum atomic E-state index is 13.0. The van der Waals surface area contributed by atoms with Crippen molar-refractivity contribution in [3.8, 4) is 0 Å². The van der Waals surface area contributed by atoms with Gasteiger partial charge in [0.2, 0.25) is 0 Å². The quantitative estimate of drug-likeness (QED) is 0.423. The van der Waals surface area contributed by atoms with Crippen LogP contribution in [-0.4, -0.2) is 26.2 Å². The van der Waals surface area contributed by atoms with Gasteiger partial charge in [0.15, 0.2) is 15.1 Å². The van der Waals surface area contributed by atoms with Crippen molar-refractivity contribution in [2.75, 3.05) is 6.61 Å². The predicted octanol–water partition coefficient (Wildman–Crippen LogP) is 4.81. The van der Waals surface area contributed by atoms with Crippen molar-refractivity contribution in [3.05, 3.63) is 65.2 Å². The molecule has 152 valence electrons. The number of carbonyl (C=O) groups excluding carboxylic acids is 1. The van der Waals surface area contributed by atoms with Gasteiger partial charge >= 0.3 is 5.97 Å². The Kier molecular flexibility index (Phi) is 8.24. The highest BCUT2D eigenvalue weighted by molar-refractivity contribution is 7.92. The summed E-state index contributed by atoms with van der Waals surface area (Å²) in [5.74, 6) is -0.651. The average Bonchev–Trinajstić information content (AvgIpc) is 2.66. The van der Waals surface area contributed by atoms with E-state index in [2.05, 4.69) is 31.2 Å². The van der Waals surface area contributed by atoms with Crippen molar-refractivity contribution in [2.45, 2.75) is 63.0 Å². The molecule has 0 bridgehead atoms. The highest BCUT2D eigenvalue weighted by Gasteiger charge is 2.34. The van der Waals surface area contributed by atoms with E-state index in [1.807, 2.05) is 6.92 Å². The van der Waals surface area contributed by atoms with Gasteiger partial charge in [0, 0.05) is 0 Å². The minimum Gasteiger partial charge on any atom is -0.465 e. The van der Waals surface area contributed by atoms with Gasteiger partial charge < -0.3 is 4.74 Å². The molecule has 0 aromatic heterocycles. The lowest BCUT2D eigenvalue weighted by molar-refractivity contribution is -0.142. The van der Waals surface area contributed by atoms with Crippen LogP contribution in [0.4, 0.5) is 0 Å². The first-order chi connectivity index (χ1) is 13.3. The highest BCUT2D eigenvalue weighted by Crippen LogP contribution is 2.22. The molecule has 0 spiro atoms. The van der Waals surface area contributed by atoms with Gasteiger partial charge in [0.05, 0.1) is 11.5 Å². The van der Waals surface area contributed by atoms with E-state index in [4.69, 9.17) is 4.74 Å². The van der Waals surface area contributed by atoms with E-state index in [9.17, 15) is 13.2 Å². The molecule has 1 unspecified atom stereocenters. The van der Waals surface area contributed by atoms with Crippen molar-refractivity contribution in [2.24, 2.45) is 0 Å². The summed E-state index contributed by atoms with van der Waals surface area (Å²) in [6.45, 7) is 5.82. The van der Waals surface area contributed by atoms with Gasteiger partial charge in [-0.25, -0.2) is 8.42 Å². The lowest BCUT2D eigenvalue weighted by Gasteiger charge is -2.16. The van der Waals surface area contributed by atoms with Crippen molar-refractivity contribution in [3.63, 3.8) is 0 Å². The molecule has 0 N–H and O–H groups in total. The number of hydrogen-bond donors (Lipinski definition) is 0. The Hall–Kier alpha value is -2.14. The molecule has 0 saturated heterocycles. The summed E-state index contributed by atoms with van der Waals surface area (Å²) >= 11 is 0. The molecule has 2 aromatic carbocycles. The van der Waals surface area contributed by atoms with Gasteiger partial charge in [0.1, 0.15) is 0 Å². The molecule has 0 saturated carbocycles. The molecule has 0 fully saturated rings. The van der Waals surface area contributed by atoms with Crippen LogP contribution in [0.25, 0.3) is 0 Å². The third kappa shape index (κ3) is 6.20. The van der Waals surface area contributed by atoms with Crippen LogP contribution in [0.3, 0.4) is 0 Å². The second-order valence-corrected chi connectivity index (χ2v) is 9.31. The first-order valence-corrected chi connectivity index (χ1v) is 11.4. The van der Waals surface area contributed by atoms with E-state index in [1.54, 1.807) is 31.2 Å². The number of ether oxygens (including phenoxy) is 1.